The highest BCUT2D eigenvalue weighted by atomic mass is 14.6. The summed E-state index contributed by atoms with van der Waals surface area (Å²) >= 11 is 0. The standard InChI is InChI=1S/C24H21N/c1-16-6-4-10-21-19(16)11-12-22-20-9-3-2-7-17(20)14-23(24(21)22)18-8-5-13-25-15-18/h2-3,5,7-9,11-15,23H,4,6,10H2,1H3. The second kappa shape index (κ2) is 5.70. The molecule has 1 heteroatoms. The zero-order valence-electron chi connectivity index (χ0n) is 14.5. The molecule has 0 saturated carbocycles. The molecule has 3 aromatic rings. The lowest BCUT2D eigenvalue weighted by atomic mass is 9.79. The minimum Gasteiger partial charge on any atom is -0.264 e. The topological polar surface area (TPSA) is 12.9 Å². The van der Waals surface area contributed by atoms with Gasteiger partial charge in [-0.3, -0.25) is 4.98 Å². The van der Waals surface area contributed by atoms with Gasteiger partial charge in [-0.1, -0.05) is 54.1 Å². The van der Waals surface area contributed by atoms with E-state index in [1.54, 1.807) is 5.56 Å². The van der Waals surface area contributed by atoms with Crippen molar-refractivity contribution in [3.63, 3.8) is 0 Å². The number of aromatic nitrogens is 1. The van der Waals surface area contributed by atoms with E-state index >= 15 is 0 Å². The molecule has 2 aromatic carbocycles. The van der Waals surface area contributed by atoms with Crippen LogP contribution < -0.4 is 10.4 Å². The van der Waals surface area contributed by atoms with E-state index in [1.807, 2.05) is 12.4 Å². The summed E-state index contributed by atoms with van der Waals surface area (Å²) in [5.41, 5.74) is 5.88. The van der Waals surface area contributed by atoms with Gasteiger partial charge in [-0.25, -0.2) is 0 Å². The van der Waals surface area contributed by atoms with Gasteiger partial charge >= 0.3 is 0 Å². The van der Waals surface area contributed by atoms with E-state index in [0.29, 0.717) is 5.92 Å². The SMILES string of the molecule is CC1=c2ccc3c(c2CCC1)C(c1cccnc1)C=c1ccccc1=3. The van der Waals surface area contributed by atoms with Crippen LogP contribution in [0.15, 0.2) is 60.9 Å². The number of hydrogen-bond acceptors (Lipinski definition) is 1. The first kappa shape index (κ1) is 14.7. The van der Waals surface area contributed by atoms with Gasteiger partial charge < -0.3 is 0 Å². The van der Waals surface area contributed by atoms with Crippen LogP contribution >= 0.6 is 0 Å². The zero-order chi connectivity index (χ0) is 16.8. The van der Waals surface area contributed by atoms with Crippen LogP contribution in [0.2, 0.25) is 0 Å². The molecule has 1 nitrogen and oxygen atoms in total. The van der Waals surface area contributed by atoms with Crippen LogP contribution in [0.5, 0.6) is 0 Å². The third kappa shape index (κ3) is 2.26. The highest BCUT2D eigenvalue weighted by molar-refractivity contribution is 5.58. The highest BCUT2D eigenvalue weighted by Crippen LogP contribution is 2.32. The third-order valence-corrected chi connectivity index (χ3v) is 5.75. The molecule has 0 radical (unpaired) electrons. The van der Waals surface area contributed by atoms with Crippen molar-refractivity contribution in [1.82, 2.24) is 4.98 Å². The fourth-order valence-electron chi connectivity index (χ4n) is 4.56. The zero-order valence-corrected chi connectivity index (χ0v) is 14.5. The van der Waals surface area contributed by atoms with Gasteiger partial charge in [-0.05, 0) is 69.8 Å². The molecule has 0 aliphatic heterocycles. The summed E-state index contributed by atoms with van der Waals surface area (Å²) in [6, 6.07) is 17.7. The van der Waals surface area contributed by atoms with Gasteiger partial charge in [0.05, 0.1) is 0 Å². The summed E-state index contributed by atoms with van der Waals surface area (Å²) in [5.74, 6) is 0.291. The van der Waals surface area contributed by atoms with Crippen LogP contribution in [0.4, 0.5) is 0 Å². The molecule has 2 aliphatic carbocycles. The summed E-state index contributed by atoms with van der Waals surface area (Å²) in [4.78, 5) is 4.39. The van der Waals surface area contributed by atoms with Crippen LogP contribution in [-0.4, -0.2) is 4.98 Å². The van der Waals surface area contributed by atoms with E-state index in [2.05, 4.69) is 66.5 Å². The summed E-state index contributed by atoms with van der Waals surface area (Å²) in [6.07, 6.45) is 9.99. The number of rotatable bonds is 1. The monoisotopic (exact) mass is 323 g/mol. The lowest BCUT2D eigenvalue weighted by Crippen LogP contribution is -2.24. The van der Waals surface area contributed by atoms with Crippen LogP contribution in [0.1, 0.15) is 42.4 Å². The highest BCUT2D eigenvalue weighted by Gasteiger charge is 2.22. The van der Waals surface area contributed by atoms with E-state index in [0.717, 1.165) is 0 Å². The van der Waals surface area contributed by atoms with Crippen LogP contribution in [0.25, 0.3) is 11.6 Å². The molecule has 1 aromatic heterocycles. The maximum atomic E-state index is 4.39. The molecule has 0 amide bonds. The Balaban J connectivity index is 1.97. The number of nitrogens with zero attached hydrogens (tertiary/aromatic N) is 1. The molecule has 0 saturated heterocycles. The Labute approximate surface area is 147 Å². The van der Waals surface area contributed by atoms with Crippen molar-refractivity contribution >= 4 is 11.6 Å². The quantitative estimate of drug-likeness (QED) is 0.664. The molecular formula is C24H21N. The Bertz CT molecular complexity index is 1170. The predicted octanol–water partition coefficient (Wildman–Crippen LogP) is 3.80. The van der Waals surface area contributed by atoms with Crippen molar-refractivity contribution < 1.29 is 0 Å². The summed E-state index contributed by atoms with van der Waals surface area (Å²) in [6.45, 7) is 2.30. The third-order valence-electron chi connectivity index (χ3n) is 5.75. The Kier molecular flexibility index (Phi) is 3.34. The van der Waals surface area contributed by atoms with Crippen molar-refractivity contribution in [3.8, 4) is 0 Å². The Morgan fingerprint density at radius 1 is 0.880 bits per heavy atom. The molecule has 122 valence electrons. The molecule has 1 atom stereocenters. The van der Waals surface area contributed by atoms with Crippen molar-refractivity contribution in [2.45, 2.75) is 32.1 Å². The van der Waals surface area contributed by atoms with E-state index < -0.39 is 0 Å². The molecule has 0 fully saturated rings. The molecule has 0 bridgehead atoms. The van der Waals surface area contributed by atoms with E-state index in [4.69, 9.17) is 0 Å². The Morgan fingerprint density at radius 2 is 1.76 bits per heavy atom. The Morgan fingerprint density at radius 3 is 2.64 bits per heavy atom. The maximum Gasteiger partial charge on any atom is 0.0309 e. The van der Waals surface area contributed by atoms with Gasteiger partial charge in [-0.15, -0.1) is 0 Å². The second-order valence-electron chi connectivity index (χ2n) is 7.20. The maximum absolute atomic E-state index is 4.39. The molecule has 1 unspecified atom stereocenters. The molecular weight excluding hydrogens is 302 g/mol. The van der Waals surface area contributed by atoms with Crippen molar-refractivity contribution in [2.24, 2.45) is 0 Å². The van der Waals surface area contributed by atoms with Gasteiger partial charge in [0.25, 0.3) is 0 Å². The van der Waals surface area contributed by atoms with Gasteiger partial charge in [0.15, 0.2) is 0 Å². The molecule has 0 spiro atoms. The minimum absolute atomic E-state index is 0.291. The number of hydrogen-bond donors (Lipinski definition) is 0. The van der Waals surface area contributed by atoms with Gasteiger partial charge in [-0.2, -0.15) is 0 Å². The molecule has 2 aliphatic rings. The molecule has 1 heterocycles. The average Bonchev–Trinajstić information content (AvgIpc) is 2.68. The number of benzene rings is 2. The van der Waals surface area contributed by atoms with Crippen molar-refractivity contribution in [2.75, 3.05) is 0 Å². The fourth-order valence-corrected chi connectivity index (χ4v) is 4.56. The molecule has 25 heavy (non-hydrogen) atoms. The van der Waals surface area contributed by atoms with E-state index in [-0.39, 0.29) is 0 Å². The Hall–Kier alpha value is -2.67. The average molecular weight is 323 g/mol. The lowest BCUT2D eigenvalue weighted by Gasteiger charge is -2.25. The van der Waals surface area contributed by atoms with Gasteiger partial charge in [0.2, 0.25) is 0 Å². The van der Waals surface area contributed by atoms with Crippen LogP contribution in [-0.2, 0) is 6.42 Å². The van der Waals surface area contributed by atoms with Crippen LogP contribution in [0, 0.1) is 10.4 Å². The first-order valence-electron chi connectivity index (χ1n) is 9.15. The predicted molar refractivity (Wildman–Crippen MR) is 102 cm³/mol. The van der Waals surface area contributed by atoms with Crippen molar-refractivity contribution in [3.05, 3.63) is 98.5 Å². The first-order chi connectivity index (χ1) is 12.3. The van der Waals surface area contributed by atoms with E-state index in [9.17, 15) is 0 Å². The lowest BCUT2D eigenvalue weighted by molar-refractivity contribution is 0.796. The smallest absolute Gasteiger partial charge is 0.0309 e. The fraction of sp³-hybridized carbons (Fsp3) is 0.208. The molecule has 0 N–H and O–H groups in total. The van der Waals surface area contributed by atoms with Gasteiger partial charge in [0.1, 0.15) is 0 Å². The molecule has 5 rings (SSSR count). The largest absolute Gasteiger partial charge is 0.264 e. The first-order valence-corrected chi connectivity index (χ1v) is 9.15. The number of pyridine rings is 1. The number of fused-ring (bicyclic) bond motifs is 4. The summed E-state index contributed by atoms with van der Waals surface area (Å²) < 4.78 is 0. The summed E-state index contributed by atoms with van der Waals surface area (Å²) in [5, 5.41) is 5.58. The normalized spacial score (nSPS) is 18.0. The van der Waals surface area contributed by atoms with Crippen LogP contribution in [0.3, 0.4) is 0 Å². The van der Waals surface area contributed by atoms with Crippen molar-refractivity contribution in [1.29, 1.82) is 0 Å². The van der Waals surface area contributed by atoms with E-state index in [1.165, 1.54) is 56.8 Å². The second-order valence-corrected chi connectivity index (χ2v) is 7.20. The van der Waals surface area contributed by atoms with Gasteiger partial charge in [0, 0.05) is 18.3 Å². The minimum atomic E-state index is 0.291. The summed E-state index contributed by atoms with van der Waals surface area (Å²) in [7, 11) is 0.